The van der Waals surface area contributed by atoms with Crippen LogP contribution in [0, 0.1) is 0 Å². The minimum atomic E-state index is -0.519. The van der Waals surface area contributed by atoms with E-state index in [2.05, 4.69) is 56.8 Å². The van der Waals surface area contributed by atoms with Crippen LogP contribution in [0.5, 0.6) is 0 Å². The van der Waals surface area contributed by atoms with Crippen molar-refractivity contribution in [1.29, 1.82) is 0 Å². The molecule has 4 atom stereocenters. The number of nitrogens with zero attached hydrogens (tertiary/aromatic N) is 2. The molecule has 3 aliphatic rings. The fourth-order valence-corrected chi connectivity index (χ4v) is 7.28. The van der Waals surface area contributed by atoms with Gasteiger partial charge >= 0.3 is 12.0 Å². The molecule has 0 unspecified atom stereocenters. The number of benzene rings is 3. The van der Waals surface area contributed by atoms with Gasteiger partial charge in [0.15, 0.2) is 6.29 Å². The zero-order valence-corrected chi connectivity index (χ0v) is 28.5. The number of aliphatic hydroxyl groups excluding tert-OH is 1. The van der Waals surface area contributed by atoms with Crippen molar-refractivity contribution in [3.8, 4) is 11.1 Å². The van der Waals surface area contributed by atoms with Crippen molar-refractivity contribution in [3.63, 3.8) is 0 Å². The summed E-state index contributed by atoms with van der Waals surface area (Å²) < 4.78 is 18.3. The highest BCUT2D eigenvalue weighted by molar-refractivity contribution is 5.81. The lowest BCUT2D eigenvalue weighted by molar-refractivity contribution is -0.253. The summed E-state index contributed by atoms with van der Waals surface area (Å²) in [5, 5.41) is 15.0. The summed E-state index contributed by atoms with van der Waals surface area (Å²) in [6, 6.07) is 24.4. The van der Waals surface area contributed by atoms with Crippen LogP contribution in [0.2, 0.25) is 0 Å². The quantitative estimate of drug-likeness (QED) is 0.210. The van der Waals surface area contributed by atoms with Crippen LogP contribution < -0.4 is 10.6 Å². The number of urea groups is 1. The second-order valence-electron chi connectivity index (χ2n) is 13.3. The Morgan fingerprint density at radius 2 is 1.63 bits per heavy atom. The maximum absolute atomic E-state index is 12.3. The molecule has 3 aliphatic heterocycles. The van der Waals surface area contributed by atoms with E-state index in [4.69, 9.17) is 14.2 Å². The van der Waals surface area contributed by atoms with Crippen molar-refractivity contribution in [2.45, 2.75) is 76.7 Å². The standard InChI is InChI=1S/C39H50N4O6/c1-2-47-37(45)24-41-39(46)40-23-32-8-3-4-10-35(32)29-15-17-31(18-16-29)38-48-34(22-36(49-38)30-13-11-28(27-44)12-14-30)26-43-21-7-9-33(43)25-42-19-5-6-20-42/h3-4,8,10-18,33-34,36,38,44H,2,5-7,9,19-27H2,1H3,(H2,40,41,46)/t33-,34-,36+,38+/m0/s1. The lowest BCUT2D eigenvalue weighted by Gasteiger charge is -2.39. The van der Waals surface area contributed by atoms with E-state index in [1.165, 1.54) is 38.8 Å². The lowest BCUT2D eigenvalue weighted by atomic mass is 9.97. The fourth-order valence-electron chi connectivity index (χ4n) is 7.28. The number of nitrogens with one attached hydrogen (secondary N) is 2. The number of carbonyl (C=O) groups is 2. The summed E-state index contributed by atoms with van der Waals surface area (Å²) in [4.78, 5) is 29.2. The van der Waals surface area contributed by atoms with Gasteiger partial charge in [-0.15, -0.1) is 0 Å². The van der Waals surface area contributed by atoms with Crippen molar-refractivity contribution in [1.82, 2.24) is 20.4 Å². The summed E-state index contributed by atoms with van der Waals surface area (Å²) in [7, 11) is 0. The fraction of sp³-hybridized carbons (Fsp3) is 0.487. The number of amides is 2. The maximum atomic E-state index is 12.3. The van der Waals surface area contributed by atoms with Gasteiger partial charge < -0.3 is 34.9 Å². The lowest BCUT2D eigenvalue weighted by Crippen LogP contribution is -2.45. The second kappa shape index (κ2) is 17.2. The van der Waals surface area contributed by atoms with Crippen LogP contribution in [-0.2, 0) is 32.2 Å². The predicted octanol–water partition coefficient (Wildman–Crippen LogP) is 5.31. The zero-order valence-electron chi connectivity index (χ0n) is 28.5. The van der Waals surface area contributed by atoms with Gasteiger partial charge in [0.05, 0.1) is 25.4 Å². The van der Waals surface area contributed by atoms with Crippen molar-refractivity contribution in [2.75, 3.05) is 45.9 Å². The molecule has 0 radical (unpaired) electrons. The average Bonchev–Trinajstić information content (AvgIpc) is 3.82. The SMILES string of the molecule is CCOC(=O)CNC(=O)NCc1ccccc1-c1ccc([C@@H]2O[C@H](CN3CCC[C@H]3CN3CCCC3)C[C@H](c3ccc(CO)cc3)O2)cc1. The third-order valence-electron chi connectivity index (χ3n) is 9.87. The first-order valence-corrected chi connectivity index (χ1v) is 17.8. The van der Waals surface area contributed by atoms with E-state index in [-0.39, 0.29) is 32.0 Å². The Balaban J connectivity index is 1.14. The van der Waals surface area contributed by atoms with Gasteiger partial charge in [-0.05, 0) is 80.1 Å². The summed E-state index contributed by atoms with van der Waals surface area (Å²) in [5.41, 5.74) is 5.90. The van der Waals surface area contributed by atoms with Gasteiger partial charge in [0.2, 0.25) is 0 Å². The molecular weight excluding hydrogens is 620 g/mol. The molecule has 262 valence electrons. The Bertz CT molecular complexity index is 1510. The van der Waals surface area contributed by atoms with Crippen LogP contribution >= 0.6 is 0 Å². The first-order valence-electron chi connectivity index (χ1n) is 17.8. The maximum Gasteiger partial charge on any atom is 0.325 e. The molecule has 0 bridgehead atoms. The first kappa shape index (κ1) is 35.0. The van der Waals surface area contributed by atoms with Crippen molar-refractivity contribution < 1.29 is 28.9 Å². The minimum absolute atomic E-state index is 0.0156. The van der Waals surface area contributed by atoms with E-state index in [1.54, 1.807) is 6.92 Å². The van der Waals surface area contributed by atoms with Crippen LogP contribution in [0.3, 0.4) is 0 Å². The zero-order chi connectivity index (χ0) is 34.0. The Morgan fingerprint density at radius 3 is 2.39 bits per heavy atom. The van der Waals surface area contributed by atoms with Crippen LogP contribution in [0.1, 0.15) is 73.7 Å². The minimum Gasteiger partial charge on any atom is -0.465 e. The molecular formula is C39H50N4O6. The number of hydrogen-bond donors (Lipinski definition) is 3. The van der Waals surface area contributed by atoms with Gasteiger partial charge in [-0.1, -0.05) is 72.8 Å². The number of esters is 1. The highest BCUT2D eigenvalue weighted by Crippen LogP contribution is 2.39. The van der Waals surface area contributed by atoms with Crippen LogP contribution in [0.25, 0.3) is 11.1 Å². The molecule has 3 heterocycles. The molecule has 10 heteroatoms. The van der Waals surface area contributed by atoms with Gasteiger partial charge in [-0.25, -0.2) is 4.79 Å². The van der Waals surface area contributed by atoms with E-state index >= 15 is 0 Å². The summed E-state index contributed by atoms with van der Waals surface area (Å²) >= 11 is 0. The monoisotopic (exact) mass is 670 g/mol. The smallest absolute Gasteiger partial charge is 0.325 e. The van der Waals surface area contributed by atoms with Gasteiger partial charge in [0.1, 0.15) is 6.54 Å². The number of carbonyl (C=O) groups excluding carboxylic acids is 2. The highest BCUT2D eigenvalue weighted by Gasteiger charge is 2.36. The Hall–Kier alpha value is -3.80. The Kier molecular flexibility index (Phi) is 12.3. The second-order valence-corrected chi connectivity index (χ2v) is 13.3. The van der Waals surface area contributed by atoms with Gasteiger partial charge in [0.25, 0.3) is 0 Å². The summed E-state index contributed by atoms with van der Waals surface area (Å²) in [6.45, 7) is 7.71. The first-order chi connectivity index (χ1) is 24.0. The molecule has 0 spiro atoms. The van der Waals surface area contributed by atoms with E-state index in [0.29, 0.717) is 12.6 Å². The molecule has 3 aromatic rings. The summed E-state index contributed by atoms with van der Waals surface area (Å²) in [6.07, 6.45) is 5.23. The molecule has 3 fully saturated rings. The molecule has 3 N–H and O–H groups in total. The normalized spacial score (nSPS) is 23.0. The molecule has 3 saturated heterocycles. The molecule has 0 aliphatic carbocycles. The van der Waals surface area contributed by atoms with Gasteiger partial charge in [0, 0.05) is 37.7 Å². The molecule has 49 heavy (non-hydrogen) atoms. The largest absolute Gasteiger partial charge is 0.465 e. The predicted molar refractivity (Wildman–Crippen MR) is 187 cm³/mol. The number of ether oxygens (including phenoxy) is 3. The van der Waals surface area contributed by atoms with Crippen molar-refractivity contribution in [3.05, 3.63) is 95.1 Å². The third kappa shape index (κ3) is 9.46. The number of aliphatic hydroxyl groups is 1. The molecule has 0 saturated carbocycles. The molecule has 0 aromatic heterocycles. The Morgan fingerprint density at radius 1 is 0.878 bits per heavy atom. The topological polar surface area (TPSA) is 113 Å². The molecule has 10 nitrogen and oxygen atoms in total. The summed E-state index contributed by atoms with van der Waals surface area (Å²) in [5.74, 6) is -0.473. The van der Waals surface area contributed by atoms with Crippen LogP contribution in [0.4, 0.5) is 4.79 Å². The van der Waals surface area contributed by atoms with Crippen molar-refractivity contribution in [2.24, 2.45) is 0 Å². The van der Waals surface area contributed by atoms with E-state index in [1.807, 2.05) is 36.4 Å². The number of likely N-dealkylation sites (tertiary alicyclic amines) is 2. The van der Waals surface area contributed by atoms with E-state index in [0.717, 1.165) is 59.4 Å². The van der Waals surface area contributed by atoms with Crippen LogP contribution in [-0.4, -0.2) is 84.9 Å². The van der Waals surface area contributed by atoms with E-state index < -0.39 is 18.3 Å². The number of hydrogen-bond acceptors (Lipinski definition) is 8. The molecule has 6 rings (SSSR count). The molecule has 2 amide bonds. The highest BCUT2D eigenvalue weighted by atomic mass is 16.7. The number of rotatable bonds is 13. The third-order valence-corrected chi connectivity index (χ3v) is 9.87. The van der Waals surface area contributed by atoms with Crippen molar-refractivity contribution >= 4 is 12.0 Å². The Labute approximate surface area is 289 Å². The van der Waals surface area contributed by atoms with E-state index in [9.17, 15) is 14.7 Å². The van der Waals surface area contributed by atoms with Gasteiger partial charge in [-0.3, -0.25) is 9.69 Å². The average molecular weight is 671 g/mol. The molecule has 3 aromatic carbocycles. The van der Waals surface area contributed by atoms with Gasteiger partial charge in [-0.2, -0.15) is 0 Å². The van der Waals surface area contributed by atoms with Crippen LogP contribution in [0.15, 0.2) is 72.8 Å².